The number of H-pyrrole nitrogens is 1. The molecule has 3 rings (SSSR count). The Hall–Kier alpha value is -2.82. The van der Waals surface area contributed by atoms with E-state index in [4.69, 9.17) is 9.47 Å². The Morgan fingerprint density at radius 1 is 0.960 bits per heavy atom. The quantitative estimate of drug-likeness (QED) is 0.689. The molecule has 0 saturated carbocycles. The third-order valence-corrected chi connectivity index (χ3v) is 4.17. The van der Waals surface area contributed by atoms with Crippen LogP contribution < -0.4 is 0 Å². The van der Waals surface area contributed by atoms with E-state index in [1.165, 1.54) is 0 Å². The first kappa shape index (κ1) is 17.0. The molecular weight excluding hydrogens is 318 g/mol. The fourth-order valence-electron chi connectivity index (χ4n) is 3.09. The van der Waals surface area contributed by atoms with E-state index < -0.39 is 5.97 Å². The van der Waals surface area contributed by atoms with Crippen LogP contribution in [0.25, 0.3) is 21.7 Å². The summed E-state index contributed by atoms with van der Waals surface area (Å²) in [6.45, 7) is 4.20. The van der Waals surface area contributed by atoms with Crippen LogP contribution in [-0.4, -0.2) is 30.1 Å². The van der Waals surface area contributed by atoms with Crippen molar-refractivity contribution in [3.63, 3.8) is 0 Å². The summed E-state index contributed by atoms with van der Waals surface area (Å²) in [5, 5.41) is 3.06. The Kier molecular flexibility index (Phi) is 5.03. The number of ether oxygens (including phenoxy) is 2. The molecule has 0 aliphatic rings. The van der Waals surface area contributed by atoms with Crippen molar-refractivity contribution in [2.75, 3.05) is 13.2 Å². The number of fused-ring (bicyclic) bond motifs is 3. The molecule has 0 saturated heterocycles. The summed E-state index contributed by atoms with van der Waals surface area (Å²) in [5.41, 5.74) is 2.10. The van der Waals surface area contributed by atoms with Crippen molar-refractivity contribution >= 4 is 33.6 Å². The van der Waals surface area contributed by atoms with Gasteiger partial charge in [0.05, 0.1) is 18.7 Å². The zero-order valence-electron chi connectivity index (χ0n) is 14.4. The van der Waals surface area contributed by atoms with Gasteiger partial charge in [0.25, 0.3) is 0 Å². The van der Waals surface area contributed by atoms with Gasteiger partial charge in [-0.05, 0) is 31.2 Å². The lowest BCUT2D eigenvalue weighted by molar-refractivity contribution is -0.143. The van der Waals surface area contributed by atoms with Gasteiger partial charge in [0.15, 0.2) is 0 Å². The van der Waals surface area contributed by atoms with E-state index in [1.807, 2.05) is 36.4 Å². The van der Waals surface area contributed by atoms with E-state index in [1.54, 1.807) is 13.8 Å². The van der Waals surface area contributed by atoms with Crippen molar-refractivity contribution in [3.05, 3.63) is 47.7 Å². The van der Waals surface area contributed by atoms with E-state index in [9.17, 15) is 9.59 Å². The standard InChI is InChI=1S/C20H21NO4/c1-3-24-17(22)12-11-16-15-10-9-13-7-5-6-8-14(13)18(15)21-19(16)20(23)25-4-2/h5-10,21H,3-4,11-12H2,1-2H3. The maximum atomic E-state index is 12.4. The van der Waals surface area contributed by atoms with Gasteiger partial charge in [0.2, 0.25) is 0 Å². The number of carbonyl (C=O) groups is 2. The zero-order valence-corrected chi connectivity index (χ0v) is 14.4. The van der Waals surface area contributed by atoms with Gasteiger partial charge in [-0.1, -0.05) is 36.4 Å². The number of aromatic nitrogens is 1. The molecular formula is C20H21NO4. The molecule has 3 aromatic rings. The van der Waals surface area contributed by atoms with Crippen LogP contribution in [0.4, 0.5) is 0 Å². The van der Waals surface area contributed by atoms with Crippen LogP contribution >= 0.6 is 0 Å². The molecule has 1 aromatic heterocycles. The van der Waals surface area contributed by atoms with Gasteiger partial charge in [-0.15, -0.1) is 0 Å². The number of aromatic amines is 1. The highest BCUT2D eigenvalue weighted by Crippen LogP contribution is 2.30. The van der Waals surface area contributed by atoms with Crippen LogP contribution in [0.1, 0.15) is 36.3 Å². The summed E-state index contributed by atoms with van der Waals surface area (Å²) in [5.74, 6) is -0.672. The number of hydrogen-bond acceptors (Lipinski definition) is 4. The van der Waals surface area contributed by atoms with Crippen molar-refractivity contribution in [1.82, 2.24) is 4.98 Å². The summed E-state index contributed by atoms with van der Waals surface area (Å²) >= 11 is 0. The second-order valence-corrected chi connectivity index (χ2v) is 5.71. The number of nitrogens with one attached hydrogen (secondary N) is 1. The predicted molar refractivity (Wildman–Crippen MR) is 96.7 cm³/mol. The highest BCUT2D eigenvalue weighted by Gasteiger charge is 2.20. The number of hydrogen-bond donors (Lipinski definition) is 1. The van der Waals surface area contributed by atoms with Crippen molar-refractivity contribution < 1.29 is 19.1 Å². The minimum Gasteiger partial charge on any atom is -0.466 e. The summed E-state index contributed by atoms with van der Waals surface area (Å²) in [6.07, 6.45) is 0.644. The molecule has 0 atom stereocenters. The molecule has 0 radical (unpaired) electrons. The normalized spacial score (nSPS) is 11.0. The molecule has 2 aromatic carbocycles. The number of benzene rings is 2. The molecule has 25 heavy (non-hydrogen) atoms. The summed E-state index contributed by atoms with van der Waals surface area (Å²) < 4.78 is 10.2. The maximum Gasteiger partial charge on any atom is 0.355 e. The summed E-state index contributed by atoms with van der Waals surface area (Å²) in [6, 6.07) is 12.0. The zero-order chi connectivity index (χ0) is 17.8. The lowest BCUT2D eigenvalue weighted by Crippen LogP contribution is -2.10. The van der Waals surface area contributed by atoms with Gasteiger partial charge < -0.3 is 14.5 Å². The fourth-order valence-corrected chi connectivity index (χ4v) is 3.09. The smallest absolute Gasteiger partial charge is 0.355 e. The maximum absolute atomic E-state index is 12.4. The van der Waals surface area contributed by atoms with E-state index >= 15 is 0 Å². The third-order valence-electron chi connectivity index (χ3n) is 4.17. The fraction of sp³-hybridized carbons (Fsp3) is 0.300. The highest BCUT2D eigenvalue weighted by atomic mass is 16.5. The largest absolute Gasteiger partial charge is 0.466 e. The van der Waals surface area contributed by atoms with Crippen molar-refractivity contribution in [2.45, 2.75) is 26.7 Å². The average Bonchev–Trinajstić information content (AvgIpc) is 2.99. The lowest BCUT2D eigenvalue weighted by atomic mass is 10.0. The first-order valence-corrected chi connectivity index (χ1v) is 8.50. The summed E-state index contributed by atoms with van der Waals surface area (Å²) in [4.78, 5) is 27.3. The minimum atomic E-state index is -0.401. The molecule has 1 N–H and O–H groups in total. The second-order valence-electron chi connectivity index (χ2n) is 5.71. The van der Waals surface area contributed by atoms with E-state index in [0.717, 1.165) is 27.2 Å². The molecule has 0 spiro atoms. The van der Waals surface area contributed by atoms with Crippen LogP contribution in [0.15, 0.2) is 36.4 Å². The number of rotatable bonds is 6. The molecule has 0 unspecified atom stereocenters. The second kappa shape index (κ2) is 7.38. The molecule has 0 amide bonds. The predicted octanol–water partition coefficient (Wildman–Crippen LogP) is 3.99. The van der Waals surface area contributed by atoms with Crippen LogP contribution in [0, 0.1) is 0 Å². The van der Waals surface area contributed by atoms with Gasteiger partial charge in [-0.3, -0.25) is 4.79 Å². The Labute approximate surface area is 145 Å². The third kappa shape index (κ3) is 3.36. The van der Waals surface area contributed by atoms with Crippen molar-refractivity contribution in [1.29, 1.82) is 0 Å². The Morgan fingerprint density at radius 2 is 1.72 bits per heavy atom. The molecule has 130 valence electrons. The van der Waals surface area contributed by atoms with Crippen LogP contribution in [-0.2, 0) is 20.7 Å². The Balaban J connectivity index is 2.10. The molecule has 5 nitrogen and oxygen atoms in total. The molecule has 0 fully saturated rings. The van der Waals surface area contributed by atoms with Crippen LogP contribution in [0.3, 0.4) is 0 Å². The molecule has 0 bridgehead atoms. The van der Waals surface area contributed by atoms with Gasteiger partial charge in [-0.25, -0.2) is 4.79 Å². The van der Waals surface area contributed by atoms with Crippen molar-refractivity contribution in [3.8, 4) is 0 Å². The molecule has 1 heterocycles. The van der Waals surface area contributed by atoms with Crippen LogP contribution in [0.2, 0.25) is 0 Å². The van der Waals surface area contributed by atoms with E-state index in [-0.39, 0.29) is 12.4 Å². The van der Waals surface area contributed by atoms with Gasteiger partial charge in [-0.2, -0.15) is 0 Å². The van der Waals surface area contributed by atoms with Gasteiger partial charge in [0.1, 0.15) is 5.69 Å². The number of carbonyl (C=O) groups excluding carboxylic acids is 2. The monoisotopic (exact) mass is 339 g/mol. The van der Waals surface area contributed by atoms with E-state index in [0.29, 0.717) is 25.3 Å². The minimum absolute atomic E-state index is 0.222. The van der Waals surface area contributed by atoms with E-state index in [2.05, 4.69) is 4.98 Å². The Bertz CT molecular complexity index is 926. The first-order chi connectivity index (χ1) is 12.2. The van der Waals surface area contributed by atoms with Crippen LogP contribution in [0.5, 0.6) is 0 Å². The highest BCUT2D eigenvalue weighted by molar-refractivity contribution is 6.10. The Morgan fingerprint density at radius 3 is 2.48 bits per heavy atom. The average molecular weight is 339 g/mol. The van der Waals surface area contributed by atoms with Crippen molar-refractivity contribution in [2.24, 2.45) is 0 Å². The molecule has 0 aliphatic carbocycles. The first-order valence-electron chi connectivity index (χ1n) is 8.50. The molecule has 5 heteroatoms. The number of aryl methyl sites for hydroxylation is 1. The SMILES string of the molecule is CCOC(=O)CCc1c(C(=O)OCC)[nH]c2c1ccc1ccccc12. The summed E-state index contributed by atoms with van der Waals surface area (Å²) in [7, 11) is 0. The van der Waals surface area contributed by atoms with Gasteiger partial charge in [0, 0.05) is 17.2 Å². The lowest BCUT2D eigenvalue weighted by Gasteiger charge is -2.05. The van der Waals surface area contributed by atoms with Gasteiger partial charge >= 0.3 is 11.9 Å². The molecule has 0 aliphatic heterocycles. The topological polar surface area (TPSA) is 68.4 Å². The number of esters is 2.